The number of carbonyl (C=O) groups is 1. The zero-order valence-electron chi connectivity index (χ0n) is 8.80. The Morgan fingerprint density at radius 1 is 1.44 bits per heavy atom. The predicted octanol–water partition coefficient (Wildman–Crippen LogP) is 2.63. The van der Waals surface area contributed by atoms with Gasteiger partial charge < -0.3 is 9.84 Å². The molecule has 0 atom stereocenters. The summed E-state index contributed by atoms with van der Waals surface area (Å²) in [6.07, 6.45) is 1.44. The first-order valence-corrected chi connectivity index (χ1v) is 4.92. The Kier molecular flexibility index (Phi) is 4.22. The maximum Gasteiger partial charge on any atom is 0.345 e. The number of carbonyl (C=O) groups excluding carboxylic acids is 1. The molecule has 0 fully saturated rings. The van der Waals surface area contributed by atoms with Crippen molar-refractivity contribution in [2.24, 2.45) is 0 Å². The van der Waals surface area contributed by atoms with E-state index in [0.717, 1.165) is 18.6 Å². The second-order valence-corrected chi connectivity index (χ2v) is 3.24. The van der Waals surface area contributed by atoms with Crippen LogP contribution >= 0.6 is 0 Å². The lowest BCUT2D eigenvalue weighted by molar-refractivity contribution is 0.0489. The largest absolute Gasteiger partial charge is 0.507 e. The van der Waals surface area contributed by atoms with Crippen LogP contribution in [0.3, 0.4) is 0 Å². The molecule has 0 spiro atoms. The van der Waals surface area contributed by atoms with Crippen molar-refractivity contribution in [3.63, 3.8) is 0 Å². The van der Waals surface area contributed by atoms with E-state index in [1.54, 1.807) is 0 Å². The summed E-state index contributed by atoms with van der Waals surface area (Å²) in [7, 11) is 0. The van der Waals surface area contributed by atoms with E-state index in [1.165, 1.54) is 0 Å². The minimum Gasteiger partial charge on any atom is -0.507 e. The second kappa shape index (κ2) is 5.44. The Morgan fingerprint density at radius 3 is 2.75 bits per heavy atom. The van der Waals surface area contributed by atoms with Crippen LogP contribution in [0.5, 0.6) is 5.75 Å². The molecule has 0 aliphatic rings. The maximum absolute atomic E-state index is 13.2. The number of rotatable bonds is 4. The quantitative estimate of drug-likeness (QED) is 0.638. The number of phenols is 1. The van der Waals surface area contributed by atoms with Crippen LogP contribution < -0.4 is 0 Å². The van der Waals surface area contributed by atoms with Crippen molar-refractivity contribution in [1.82, 2.24) is 0 Å². The Bertz CT molecular complexity index is 391. The van der Waals surface area contributed by atoms with Crippen LogP contribution in [0.2, 0.25) is 0 Å². The fourth-order valence-electron chi connectivity index (χ4n) is 1.12. The third kappa shape index (κ3) is 2.68. The van der Waals surface area contributed by atoms with Gasteiger partial charge in [0.05, 0.1) is 6.61 Å². The average Bonchev–Trinajstić information content (AvgIpc) is 2.24. The summed E-state index contributed by atoms with van der Waals surface area (Å²) in [4.78, 5) is 11.3. The van der Waals surface area contributed by atoms with Gasteiger partial charge in [-0.3, -0.25) is 0 Å². The highest BCUT2D eigenvalue weighted by Crippen LogP contribution is 2.23. The Labute approximate surface area is 91.7 Å². The minimum atomic E-state index is -1.39. The van der Waals surface area contributed by atoms with Gasteiger partial charge in [-0.25, -0.2) is 13.6 Å². The molecular weight excluding hydrogens is 218 g/mol. The lowest BCUT2D eigenvalue weighted by Gasteiger charge is -2.06. The lowest BCUT2D eigenvalue weighted by atomic mass is 10.2. The molecule has 0 aromatic heterocycles. The van der Waals surface area contributed by atoms with Crippen LogP contribution in [0.4, 0.5) is 8.78 Å². The van der Waals surface area contributed by atoms with Crippen LogP contribution in [-0.4, -0.2) is 17.7 Å². The number of benzene rings is 1. The van der Waals surface area contributed by atoms with E-state index in [-0.39, 0.29) is 6.61 Å². The van der Waals surface area contributed by atoms with Crippen molar-refractivity contribution < 1.29 is 23.4 Å². The summed E-state index contributed by atoms with van der Waals surface area (Å²) in [6, 6.07) is 1.66. The van der Waals surface area contributed by atoms with E-state index in [4.69, 9.17) is 0 Å². The Balaban J connectivity index is 2.86. The first-order chi connectivity index (χ1) is 7.57. The third-order valence-corrected chi connectivity index (χ3v) is 2.01. The zero-order valence-corrected chi connectivity index (χ0v) is 8.80. The Morgan fingerprint density at radius 2 is 2.12 bits per heavy atom. The summed E-state index contributed by atoms with van der Waals surface area (Å²) in [5.74, 6) is -4.26. The fourth-order valence-corrected chi connectivity index (χ4v) is 1.12. The van der Waals surface area contributed by atoms with Crippen molar-refractivity contribution in [2.75, 3.05) is 6.61 Å². The smallest absolute Gasteiger partial charge is 0.345 e. The highest BCUT2D eigenvalue weighted by molar-refractivity contribution is 5.92. The molecule has 88 valence electrons. The molecule has 1 rings (SSSR count). The first-order valence-electron chi connectivity index (χ1n) is 4.92. The molecule has 16 heavy (non-hydrogen) atoms. The summed E-state index contributed by atoms with van der Waals surface area (Å²) in [6.45, 7) is 2.01. The highest BCUT2D eigenvalue weighted by Gasteiger charge is 2.21. The number of esters is 1. The maximum atomic E-state index is 13.2. The average molecular weight is 230 g/mol. The van der Waals surface area contributed by atoms with E-state index < -0.39 is 28.9 Å². The van der Waals surface area contributed by atoms with E-state index in [0.29, 0.717) is 6.42 Å². The van der Waals surface area contributed by atoms with Gasteiger partial charge in [-0.1, -0.05) is 13.3 Å². The molecule has 0 unspecified atom stereocenters. The van der Waals surface area contributed by atoms with Crippen LogP contribution in [0.15, 0.2) is 12.1 Å². The molecule has 3 nitrogen and oxygen atoms in total. The molecule has 1 N–H and O–H groups in total. The standard InChI is InChI=1S/C11H12F2O3/c1-2-3-6-16-11(15)9-8(14)5-4-7(12)10(9)13/h4-5,14H,2-3,6H2,1H3. The van der Waals surface area contributed by atoms with Gasteiger partial charge in [0.2, 0.25) is 0 Å². The van der Waals surface area contributed by atoms with Crippen LogP contribution in [0.1, 0.15) is 30.1 Å². The molecule has 0 bridgehead atoms. The molecule has 1 aromatic carbocycles. The summed E-state index contributed by atoms with van der Waals surface area (Å²) in [5, 5.41) is 9.24. The highest BCUT2D eigenvalue weighted by atomic mass is 19.2. The number of halogens is 2. The molecule has 1 aromatic rings. The van der Waals surface area contributed by atoms with Crippen molar-refractivity contribution in [3.8, 4) is 5.75 Å². The molecule has 5 heteroatoms. The minimum absolute atomic E-state index is 0.116. The number of unbranched alkanes of at least 4 members (excludes halogenated alkanes) is 1. The number of hydrogen-bond acceptors (Lipinski definition) is 3. The van der Waals surface area contributed by atoms with Crippen molar-refractivity contribution in [2.45, 2.75) is 19.8 Å². The molecule has 0 amide bonds. The van der Waals surface area contributed by atoms with Gasteiger partial charge in [-0.05, 0) is 18.6 Å². The molecule has 0 heterocycles. The van der Waals surface area contributed by atoms with E-state index in [9.17, 15) is 18.7 Å². The van der Waals surface area contributed by atoms with Crippen molar-refractivity contribution in [3.05, 3.63) is 29.3 Å². The second-order valence-electron chi connectivity index (χ2n) is 3.24. The molecule has 0 radical (unpaired) electrons. The van der Waals surface area contributed by atoms with E-state index in [1.807, 2.05) is 6.92 Å². The first kappa shape index (κ1) is 12.4. The van der Waals surface area contributed by atoms with Gasteiger partial charge in [-0.15, -0.1) is 0 Å². The molecule has 0 saturated carbocycles. The normalized spacial score (nSPS) is 10.2. The predicted molar refractivity (Wildman–Crippen MR) is 53.2 cm³/mol. The van der Waals surface area contributed by atoms with Gasteiger partial charge in [0.25, 0.3) is 0 Å². The van der Waals surface area contributed by atoms with Crippen LogP contribution in [-0.2, 0) is 4.74 Å². The molecular formula is C11H12F2O3. The Hall–Kier alpha value is -1.65. The zero-order chi connectivity index (χ0) is 12.1. The van der Waals surface area contributed by atoms with E-state index in [2.05, 4.69) is 4.74 Å². The fraction of sp³-hybridized carbons (Fsp3) is 0.364. The van der Waals surface area contributed by atoms with Gasteiger partial charge in [0.1, 0.15) is 11.3 Å². The van der Waals surface area contributed by atoms with Gasteiger partial charge in [0, 0.05) is 0 Å². The SMILES string of the molecule is CCCCOC(=O)c1c(O)ccc(F)c1F. The number of phenolic OH excluding ortho intramolecular Hbond substituents is 1. The lowest BCUT2D eigenvalue weighted by Crippen LogP contribution is -2.10. The summed E-state index contributed by atoms with van der Waals surface area (Å²) < 4.78 is 30.7. The van der Waals surface area contributed by atoms with Crippen molar-refractivity contribution in [1.29, 1.82) is 0 Å². The number of ether oxygens (including phenoxy) is 1. The van der Waals surface area contributed by atoms with Crippen molar-refractivity contribution >= 4 is 5.97 Å². The number of hydrogen-bond donors (Lipinski definition) is 1. The van der Waals surface area contributed by atoms with Gasteiger partial charge in [-0.2, -0.15) is 0 Å². The van der Waals surface area contributed by atoms with Crippen LogP contribution in [0.25, 0.3) is 0 Å². The van der Waals surface area contributed by atoms with E-state index >= 15 is 0 Å². The van der Waals surface area contributed by atoms with Crippen LogP contribution in [0, 0.1) is 11.6 Å². The summed E-state index contributed by atoms with van der Waals surface area (Å²) >= 11 is 0. The molecule has 0 saturated heterocycles. The van der Waals surface area contributed by atoms with Gasteiger partial charge >= 0.3 is 5.97 Å². The van der Waals surface area contributed by atoms with Gasteiger partial charge in [0.15, 0.2) is 11.6 Å². The molecule has 0 aliphatic carbocycles. The third-order valence-electron chi connectivity index (χ3n) is 2.01. The summed E-state index contributed by atoms with van der Waals surface area (Å²) in [5.41, 5.74) is -0.754. The topological polar surface area (TPSA) is 46.5 Å². The number of aromatic hydroxyl groups is 1. The monoisotopic (exact) mass is 230 g/mol. The molecule has 0 aliphatic heterocycles.